The third kappa shape index (κ3) is 8.90. The van der Waals surface area contributed by atoms with Crippen molar-refractivity contribution in [2.45, 2.75) is 51.7 Å². The molecular weight excluding hydrogens is 414 g/mol. The molecule has 1 aliphatic heterocycles. The van der Waals surface area contributed by atoms with Crippen LogP contribution < -0.4 is 5.14 Å². The van der Waals surface area contributed by atoms with Crippen molar-refractivity contribution < 1.29 is 17.9 Å². The van der Waals surface area contributed by atoms with Gasteiger partial charge in [-0.3, -0.25) is 4.90 Å². The van der Waals surface area contributed by atoms with Gasteiger partial charge in [-0.25, -0.2) is 18.4 Å². The molecule has 1 saturated heterocycles. The molecular formula is C20H32ClN3O4S. The minimum Gasteiger partial charge on any atom is -0.444 e. The Morgan fingerprint density at radius 1 is 1.21 bits per heavy atom. The number of sulfonamides is 1. The first-order chi connectivity index (χ1) is 13.4. The number of carbonyl (C=O) groups excluding carboxylic acids is 1. The average molecular weight is 446 g/mol. The normalized spacial score (nSPS) is 16.3. The molecule has 2 rings (SSSR count). The van der Waals surface area contributed by atoms with E-state index in [-0.39, 0.29) is 17.9 Å². The molecule has 0 bridgehead atoms. The number of benzene rings is 1. The van der Waals surface area contributed by atoms with Crippen LogP contribution in [0.5, 0.6) is 0 Å². The molecule has 2 N–H and O–H groups in total. The highest BCUT2D eigenvalue weighted by Gasteiger charge is 2.29. The minimum atomic E-state index is -3.53. The van der Waals surface area contributed by atoms with Gasteiger partial charge < -0.3 is 9.64 Å². The van der Waals surface area contributed by atoms with Gasteiger partial charge in [0.2, 0.25) is 10.0 Å². The summed E-state index contributed by atoms with van der Waals surface area (Å²) in [5.74, 6) is -0.0834. The molecule has 0 atom stereocenters. The van der Waals surface area contributed by atoms with Crippen LogP contribution in [0, 0.1) is 0 Å². The van der Waals surface area contributed by atoms with Crippen LogP contribution in [0.2, 0.25) is 5.02 Å². The second kappa shape index (κ2) is 10.1. The first-order valence-corrected chi connectivity index (χ1v) is 12.0. The van der Waals surface area contributed by atoms with Crippen molar-refractivity contribution in [3.8, 4) is 0 Å². The number of hydrogen-bond acceptors (Lipinski definition) is 5. The molecule has 1 amide bonds. The van der Waals surface area contributed by atoms with Crippen molar-refractivity contribution in [1.29, 1.82) is 0 Å². The Hall–Kier alpha value is -1.35. The van der Waals surface area contributed by atoms with E-state index >= 15 is 0 Å². The first kappa shape index (κ1) is 23.9. The summed E-state index contributed by atoms with van der Waals surface area (Å²) in [6, 6.07) is 7.86. The largest absolute Gasteiger partial charge is 0.444 e. The smallest absolute Gasteiger partial charge is 0.410 e. The number of nitrogens with two attached hydrogens (primary N) is 1. The van der Waals surface area contributed by atoms with E-state index in [0.29, 0.717) is 31.2 Å². The van der Waals surface area contributed by atoms with E-state index in [4.69, 9.17) is 21.5 Å². The molecule has 29 heavy (non-hydrogen) atoms. The van der Waals surface area contributed by atoms with Gasteiger partial charge in [-0.05, 0) is 57.7 Å². The van der Waals surface area contributed by atoms with Crippen molar-refractivity contribution in [3.63, 3.8) is 0 Å². The van der Waals surface area contributed by atoms with Crippen LogP contribution in [-0.2, 0) is 21.2 Å². The number of ether oxygens (including phenoxy) is 1. The van der Waals surface area contributed by atoms with Crippen LogP contribution in [-0.4, -0.2) is 67.9 Å². The number of primary sulfonamides is 1. The molecule has 1 aromatic carbocycles. The topological polar surface area (TPSA) is 92.9 Å². The fourth-order valence-electron chi connectivity index (χ4n) is 3.39. The maximum atomic E-state index is 12.3. The lowest BCUT2D eigenvalue weighted by atomic mass is 10.0. The molecule has 0 aromatic heterocycles. The summed E-state index contributed by atoms with van der Waals surface area (Å²) >= 11 is 5.94. The molecule has 0 saturated carbocycles. The lowest BCUT2D eigenvalue weighted by Gasteiger charge is -2.39. The minimum absolute atomic E-state index is 0.0834. The molecule has 0 aliphatic carbocycles. The van der Waals surface area contributed by atoms with Crippen molar-refractivity contribution >= 4 is 27.7 Å². The molecule has 7 nitrogen and oxygen atoms in total. The number of likely N-dealkylation sites (tertiary alicyclic amines) is 1. The van der Waals surface area contributed by atoms with Crippen molar-refractivity contribution in [2.24, 2.45) is 5.14 Å². The number of carbonyl (C=O) groups is 1. The fraction of sp³-hybridized carbons (Fsp3) is 0.650. The molecule has 0 spiro atoms. The molecule has 1 heterocycles. The molecule has 164 valence electrons. The van der Waals surface area contributed by atoms with Crippen LogP contribution in [0.1, 0.15) is 39.2 Å². The van der Waals surface area contributed by atoms with Crippen molar-refractivity contribution in [1.82, 2.24) is 9.80 Å². The number of piperidine rings is 1. The van der Waals surface area contributed by atoms with E-state index in [1.54, 1.807) is 4.90 Å². The zero-order valence-corrected chi connectivity index (χ0v) is 19.0. The van der Waals surface area contributed by atoms with Gasteiger partial charge in [-0.15, -0.1) is 0 Å². The molecule has 9 heteroatoms. The molecule has 1 aliphatic rings. The van der Waals surface area contributed by atoms with Gasteiger partial charge in [0.05, 0.1) is 5.75 Å². The summed E-state index contributed by atoms with van der Waals surface area (Å²) in [5.41, 5.74) is 0.620. The maximum Gasteiger partial charge on any atom is 0.410 e. The van der Waals surface area contributed by atoms with Gasteiger partial charge in [-0.2, -0.15) is 0 Å². The Morgan fingerprint density at radius 3 is 2.31 bits per heavy atom. The summed E-state index contributed by atoms with van der Waals surface area (Å²) < 4.78 is 28.4. The molecule has 0 unspecified atom stereocenters. The molecule has 1 aromatic rings. The van der Waals surface area contributed by atoms with E-state index in [0.717, 1.165) is 24.8 Å². The van der Waals surface area contributed by atoms with E-state index in [9.17, 15) is 13.2 Å². The Balaban J connectivity index is 1.95. The predicted molar refractivity (Wildman–Crippen MR) is 116 cm³/mol. The van der Waals surface area contributed by atoms with Gasteiger partial charge in [-0.1, -0.05) is 23.7 Å². The third-order valence-electron chi connectivity index (χ3n) is 4.90. The maximum absolute atomic E-state index is 12.3. The van der Waals surface area contributed by atoms with E-state index in [2.05, 4.69) is 4.90 Å². The Morgan fingerprint density at radius 2 is 1.79 bits per heavy atom. The van der Waals surface area contributed by atoms with Crippen molar-refractivity contribution in [2.75, 3.05) is 31.9 Å². The van der Waals surface area contributed by atoms with Gasteiger partial charge in [0.1, 0.15) is 5.60 Å². The second-order valence-electron chi connectivity index (χ2n) is 8.48. The molecule has 1 fully saturated rings. The second-order valence-corrected chi connectivity index (χ2v) is 10.6. The standard InChI is InChI=1S/C20H32ClN3O4S/c1-20(2,3)28-19(25)24-12-9-18(10-13-24)23(14-15-29(22,26)27)11-8-16-4-6-17(21)7-5-16/h4-7,18H,8-15H2,1-3H3,(H2,22,26,27). The van der Waals surface area contributed by atoms with Gasteiger partial charge in [0, 0.05) is 37.2 Å². The zero-order chi connectivity index (χ0) is 21.7. The van der Waals surface area contributed by atoms with E-state index < -0.39 is 15.6 Å². The summed E-state index contributed by atoms with van der Waals surface area (Å²) in [4.78, 5) is 16.2. The van der Waals surface area contributed by atoms with E-state index in [1.807, 2.05) is 45.0 Å². The summed E-state index contributed by atoms with van der Waals surface area (Å²) in [5, 5.41) is 5.91. The van der Waals surface area contributed by atoms with Crippen molar-refractivity contribution in [3.05, 3.63) is 34.9 Å². The number of hydrogen-bond donors (Lipinski definition) is 1. The molecule has 0 radical (unpaired) electrons. The number of nitrogens with zero attached hydrogens (tertiary/aromatic N) is 2. The lowest BCUT2D eigenvalue weighted by molar-refractivity contribution is 0.0147. The zero-order valence-electron chi connectivity index (χ0n) is 17.4. The highest BCUT2D eigenvalue weighted by molar-refractivity contribution is 7.89. The number of halogens is 1. The fourth-order valence-corrected chi connectivity index (χ4v) is 4.00. The summed E-state index contributed by atoms with van der Waals surface area (Å²) in [6.07, 6.45) is 2.02. The average Bonchev–Trinajstić information content (AvgIpc) is 2.61. The Bertz CT molecular complexity index is 770. The van der Waals surface area contributed by atoms with Gasteiger partial charge in [0.25, 0.3) is 0 Å². The van der Waals surface area contributed by atoms with Gasteiger partial charge >= 0.3 is 6.09 Å². The number of amides is 1. The lowest BCUT2D eigenvalue weighted by Crippen LogP contribution is -2.49. The Labute approximate surface area is 179 Å². The highest BCUT2D eigenvalue weighted by Crippen LogP contribution is 2.20. The van der Waals surface area contributed by atoms with E-state index in [1.165, 1.54) is 0 Å². The third-order valence-corrected chi connectivity index (χ3v) is 5.90. The summed E-state index contributed by atoms with van der Waals surface area (Å²) in [6.45, 7) is 7.83. The SMILES string of the molecule is CC(C)(C)OC(=O)N1CCC(N(CCc2ccc(Cl)cc2)CCS(N)(=O)=O)CC1. The first-order valence-electron chi connectivity index (χ1n) is 9.90. The van der Waals surface area contributed by atoms with Crippen LogP contribution in [0.3, 0.4) is 0 Å². The van der Waals surface area contributed by atoms with Crippen LogP contribution >= 0.6 is 11.6 Å². The van der Waals surface area contributed by atoms with Crippen LogP contribution in [0.25, 0.3) is 0 Å². The monoisotopic (exact) mass is 445 g/mol. The Kier molecular flexibility index (Phi) is 8.34. The van der Waals surface area contributed by atoms with Gasteiger partial charge in [0.15, 0.2) is 0 Å². The van der Waals surface area contributed by atoms with Crippen LogP contribution in [0.4, 0.5) is 4.79 Å². The quantitative estimate of drug-likeness (QED) is 0.696. The summed E-state index contributed by atoms with van der Waals surface area (Å²) in [7, 11) is -3.53. The van der Waals surface area contributed by atoms with Crippen LogP contribution in [0.15, 0.2) is 24.3 Å². The number of rotatable bonds is 7. The highest BCUT2D eigenvalue weighted by atomic mass is 35.5. The predicted octanol–water partition coefficient (Wildman–Crippen LogP) is 2.87.